The van der Waals surface area contributed by atoms with Crippen molar-refractivity contribution in [3.05, 3.63) is 95.8 Å². The van der Waals surface area contributed by atoms with Gasteiger partial charge in [-0.05, 0) is 66.6 Å². The Labute approximate surface area is 246 Å². The number of anilines is 1. The Hall–Kier alpha value is -4.54. The Bertz CT molecular complexity index is 2120. The molecule has 0 saturated carbocycles. The topological polar surface area (TPSA) is 92.5 Å². The molecule has 6 rings (SSSR count). The highest BCUT2D eigenvalue weighted by Crippen LogP contribution is 2.42. The molecule has 42 heavy (non-hydrogen) atoms. The van der Waals surface area contributed by atoms with Crippen LogP contribution in [0.25, 0.3) is 54.2 Å². The van der Waals surface area contributed by atoms with E-state index >= 15 is 0 Å². The van der Waals surface area contributed by atoms with Gasteiger partial charge in [0.25, 0.3) is 5.91 Å². The number of benzene rings is 4. The van der Waals surface area contributed by atoms with E-state index in [-0.39, 0.29) is 17.2 Å². The molecule has 212 valence electrons. The molecular weight excluding hydrogens is 574 g/mol. The zero-order chi connectivity index (χ0) is 29.8. The average molecular weight is 600 g/mol. The number of nitrogens with one attached hydrogen (secondary N) is 1. The molecule has 0 aliphatic carbocycles. The summed E-state index contributed by atoms with van der Waals surface area (Å²) in [6.07, 6.45) is 1.13. The molecule has 0 bridgehead atoms. The second-order valence-electron chi connectivity index (χ2n) is 10.1. The van der Waals surface area contributed by atoms with Crippen LogP contribution in [0.2, 0.25) is 0 Å². The van der Waals surface area contributed by atoms with Gasteiger partial charge in [0, 0.05) is 42.2 Å². The van der Waals surface area contributed by atoms with E-state index < -0.39 is 15.8 Å². The number of aryl methyl sites for hydroxylation is 1. The second kappa shape index (κ2) is 10.4. The lowest BCUT2D eigenvalue weighted by atomic mass is 9.97. The van der Waals surface area contributed by atoms with Gasteiger partial charge in [-0.3, -0.25) is 9.10 Å². The number of sulfonamides is 1. The van der Waals surface area contributed by atoms with Gasteiger partial charge in [0.1, 0.15) is 22.2 Å². The Balaban J connectivity index is 1.60. The van der Waals surface area contributed by atoms with Crippen molar-refractivity contribution in [2.75, 3.05) is 24.7 Å². The van der Waals surface area contributed by atoms with E-state index in [0.717, 1.165) is 38.2 Å². The molecule has 0 fully saturated rings. The Morgan fingerprint density at radius 1 is 0.976 bits per heavy atom. The highest BCUT2D eigenvalue weighted by atomic mass is 32.2. The van der Waals surface area contributed by atoms with Gasteiger partial charge in [-0.15, -0.1) is 11.3 Å². The number of thiazole rings is 1. The number of nitrogens with zero attached hydrogens (tertiary/aromatic N) is 2. The minimum absolute atomic E-state index is 0.257. The van der Waals surface area contributed by atoms with Crippen LogP contribution in [0, 0.1) is 12.7 Å². The Kier molecular flexibility index (Phi) is 6.83. The number of fused-ring (bicyclic) bond motifs is 2. The fourth-order valence-corrected chi connectivity index (χ4v) is 6.50. The monoisotopic (exact) mass is 599 g/mol. The van der Waals surface area contributed by atoms with Crippen molar-refractivity contribution >= 4 is 54.1 Å². The van der Waals surface area contributed by atoms with Crippen molar-refractivity contribution < 1.29 is 22.0 Å². The maximum absolute atomic E-state index is 13.7. The summed E-state index contributed by atoms with van der Waals surface area (Å²) >= 11 is 1.58. The number of amides is 1. The number of hydrogen-bond acceptors (Lipinski definition) is 6. The highest BCUT2D eigenvalue weighted by molar-refractivity contribution is 7.92. The van der Waals surface area contributed by atoms with Crippen LogP contribution in [0.15, 0.2) is 83.3 Å². The zero-order valence-corrected chi connectivity index (χ0v) is 24.9. The molecule has 4 aromatic carbocycles. The van der Waals surface area contributed by atoms with Gasteiger partial charge in [-0.25, -0.2) is 17.8 Å². The summed E-state index contributed by atoms with van der Waals surface area (Å²) < 4.78 is 47.6. The van der Waals surface area contributed by atoms with Crippen LogP contribution in [0.5, 0.6) is 0 Å². The molecule has 0 unspecified atom stereocenters. The number of carbonyl (C=O) groups excluding carboxylic acids is 1. The second-order valence-corrected chi connectivity index (χ2v) is 13.1. The number of carbonyl (C=O) groups is 1. The SMILES string of the molecule is CNC(=O)c1c(-c2ccc(F)cc2)oc2cc(N(C)S(C)(=O)=O)c(-c3cccc(-c4nc5ccc(C)cc5s4)c3)cc12. The molecule has 0 atom stereocenters. The van der Waals surface area contributed by atoms with E-state index in [9.17, 15) is 17.6 Å². The number of hydrogen-bond donors (Lipinski definition) is 1. The number of aromatic nitrogens is 1. The van der Waals surface area contributed by atoms with Crippen molar-refractivity contribution in [1.82, 2.24) is 10.3 Å². The first kappa shape index (κ1) is 27.6. The van der Waals surface area contributed by atoms with Crippen LogP contribution in [0.1, 0.15) is 15.9 Å². The standard InChI is InChI=1S/C32H26FN3O4S2/c1-18-8-13-25-28(14-18)41-32(35-25)21-7-5-6-20(15-21)23-16-24-27(17-26(23)36(3)42(4,38)39)40-30(29(24)31(37)34-2)19-9-11-22(33)12-10-19/h5-17H,1-4H3,(H,34,37). The summed E-state index contributed by atoms with van der Waals surface area (Å²) in [7, 11) is -0.665. The van der Waals surface area contributed by atoms with Gasteiger partial charge in [-0.2, -0.15) is 0 Å². The normalized spacial score (nSPS) is 11.7. The smallest absolute Gasteiger partial charge is 0.255 e. The Morgan fingerprint density at radius 3 is 2.43 bits per heavy atom. The molecule has 1 N–H and O–H groups in total. The lowest BCUT2D eigenvalue weighted by molar-refractivity contribution is 0.0964. The van der Waals surface area contributed by atoms with Gasteiger partial charge in [0.05, 0.1) is 27.7 Å². The van der Waals surface area contributed by atoms with Crippen molar-refractivity contribution in [2.24, 2.45) is 0 Å². The van der Waals surface area contributed by atoms with Crippen molar-refractivity contribution in [3.63, 3.8) is 0 Å². The summed E-state index contributed by atoms with van der Waals surface area (Å²) in [4.78, 5) is 18.0. The fourth-order valence-electron chi connectivity index (χ4n) is 4.93. The van der Waals surface area contributed by atoms with Crippen molar-refractivity contribution in [1.29, 1.82) is 0 Å². The summed E-state index contributed by atoms with van der Waals surface area (Å²) in [6, 6.07) is 22.9. The molecule has 0 aliphatic rings. The first-order chi connectivity index (χ1) is 20.0. The molecule has 0 saturated heterocycles. The van der Waals surface area contributed by atoms with E-state index in [1.165, 1.54) is 42.7 Å². The molecular formula is C32H26FN3O4S2. The van der Waals surface area contributed by atoms with Crippen LogP contribution in [-0.4, -0.2) is 39.7 Å². The van der Waals surface area contributed by atoms with Crippen LogP contribution < -0.4 is 9.62 Å². The first-order valence-corrected chi connectivity index (χ1v) is 15.7. The molecule has 0 radical (unpaired) electrons. The van der Waals surface area contributed by atoms with Crippen LogP contribution >= 0.6 is 11.3 Å². The van der Waals surface area contributed by atoms with E-state index in [4.69, 9.17) is 9.40 Å². The molecule has 10 heteroatoms. The minimum atomic E-state index is -3.66. The number of rotatable bonds is 6. The van der Waals surface area contributed by atoms with Gasteiger partial charge in [0.15, 0.2) is 0 Å². The van der Waals surface area contributed by atoms with Crippen molar-refractivity contribution in [3.8, 4) is 33.0 Å². The summed E-state index contributed by atoms with van der Waals surface area (Å²) in [5.41, 5.74) is 5.75. The third-order valence-electron chi connectivity index (χ3n) is 7.17. The molecule has 2 aromatic heterocycles. The van der Waals surface area contributed by atoms with Gasteiger partial charge < -0.3 is 9.73 Å². The van der Waals surface area contributed by atoms with Crippen molar-refractivity contribution in [2.45, 2.75) is 6.92 Å². The van der Waals surface area contributed by atoms with E-state index in [0.29, 0.717) is 27.8 Å². The maximum atomic E-state index is 13.7. The van der Waals surface area contributed by atoms with Gasteiger partial charge >= 0.3 is 0 Å². The number of halogens is 1. The number of furan rings is 1. The summed E-state index contributed by atoms with van der Waals surface area (Å²) in [6.45, 7) is 2.04. The van der Waals surface area contributed by atoms with Gasteiger partial charge in [-0.1, -0.05) is 24.3 Å². The highest BCUT2D eigenvalue weighted by Gasteiger charge is 2.26. The van der Waals surface area contributed by atoms with Crippen LogP contribution in [0.4, 0.5) is 10.1 Å². The van der Waals surface area contributed by atoms with E-state index in [1.807, 2.05) is 43.3 Å². The third kappa shape index (κ3) is 4.93. The average Bonchev–Trinajstić information content (AvgIpc) is 3.56. The fraction of sp³-hybridized carbons (Fsp3) is 0.125. The van der Waals surface area contributed by atoms with Crippen LogP contribution in [-0.2, 0) is 10.0 Å². The summed E-state index contributed by atoms with van der Waals surface area (Å²) in [5.74, 6) is -0.548. The predicted molar refractivity (Wildman–Crippen MR) is 167 cm³/mol. The van der Waals surface area contributed by atoms with E-state index in [1.54, 1.807) is 23.5 Å². The van der Waals surface area contributed by atoms with Gasteiger partial charge in [0.2, 0.25) is 10.0 Å². The van der Waals surface area contributed by atoms with E-state index in [2.05, 4.69) is 11.4 Å². The molecule has 0 aliphatic heterocycles. The first-order valence-electron chi connectivity index (χ1n) is 13.0. The summed E-state index contributed by atoms with van der Waals surface area (Å²) in [5, 5.41) is 4.00. The molecule has 1 amide bonds. The minimum Gasteiger partial charge on any atom is -0.455 e. The quantitative estimate of drug-likeness (QED) is 0.218. The van der Waals surface area contributed by atoms with Crippen LogP contribution in [0.3, 0.4) is 0 Å². The molecule has 7 nitrogen and oxygen atoms in total. The lowest BCUT2D eigenvalue weighted by Gasteiger charge is -2.21. The largest absolute Gasteiger partial charge is 0.455 e. The molecule has 0 spiro atoms. The lowest BCUT2D eigenvalue weighted by Crippen LogP contribution is -2.25. The maximum Gasteiger partial charge on any atom is 0.255 e. The Morgan fingerprint density at radius 2 is 1.71 bits per heavy atom. The third-order valence-corrected chi connectivity index (χ3v) is 9.43. The zero-order valence-electron chi connectivity index (χ0n) is 23.2. The molecule has 6 aromatic rings. The molecule has 2 heterocycles. The predicted octanol–water partition coefficient (Wildman–Crippen LogP) is 7.25.